The number of rotatable bonds is 3. The summed E-state index contributed by atoms with van der Waals surface area (Å²) >= 11 is 7.02. The van der Waals surface area contributed by atoms with Gasteiger partial charge in [-0.15, -0.1) is 16.5 Å². The Balaban J connectivity index is 2.41. The maximum absolute atomic E-state index is 11.3. The molecule has 0 radical (unpaired) electrons. The summed E-state index contributed by atoms with van der Waals surface area (Å²) in [4.78, 5) is 11.3. The number of phenols is 1. The molecule has 1 N–H and O–H groups in total. The van der Waals surface area contributed by atoms with Crippen LogP contribution in [0.2, 0.25) is 0 Å². The molecule has 0 spiro atoms. The summed E-state index contributed by atoms with van der Waals surface area (Å²) in [6.45, 7) is 12.0. The van der Waals surface area contributed by atoms with Crippen LogP contribution in [0.5, 0.6) is 5.75 Å². The van der Waals surface area contributed by atoms with Crippen LogP contribution in [0, 0.1) is 46.4 Å². The molecule has 2 aromatic carbocycles. The van der Waals surface area contributed by atoms with Gasteiger partial charge >= 0.3 is 0 Å². The van der Waals surface area contributed by atoms with E-state index >= 15 is 0 Å². The lowest BCUT2D eigenvalue weighted by molar-refractivity contribution is 0.463. The molecular weight excluding hydrogens is 358 g/mol. The number of nitroso groups, excluding NO2 is 1. The van der Waals surface area contributed by atoms with Crippen molar-refractivity contribution in [3.05, 3.63) is 61.5 Å². The Morgan fingerprint density at radius 3 is 2.04 bits per heavy atom. The minimum atomic E-state index is -0.324. The molecule has 2 atom stereocenters. The summed E-state index contributed by atoms with van der Waals surface area (Å²) in [6.07, 6.45) is 2.96. The third-order valence-electron chi connectivity index (χ3n) is 6.73. The van der Waals surface area contributed by atoms with E-state index < -0.39 is 0 Å². The predicted molar refractivity (Wildman–Crippen MR) is 113 cm³/mol. The number of halogens is 1. The fourth-order valence-electron chi connectivity index (χ4n) is 4.92. The summed E-state index contributed by atoms with van der Waals surface area (Å²) in [5.74, 6) is 0.361. The Bertz CT molecular complexity index is 935. The van der Waals surface area contributed by atoms with Crippen molar-refractivity contribution >= 4 is 17.3 Å². The first-order valence-corrected chi connectivity index (χ1v) is 9.99. The predicted octanol–water partition coefficient (Wildman–Crippen LogP) is 6.72. The van der Waals surface area contributed by atoms with E-state index in [1.54, 1.807) is 0 Å². The summed E-state index contributed by atoms with van der Waals surface area (Å²) < 4.78 is 0. The van der Waals surface area contributed by atoms with Gasteiger partial charge in [0.25, 0.3) is 0 Å². The highest BCUT2D eigenvalue weighted by Crippen LogP contribution is 2.53. The summed E-state index contributed by atoms with van der Waals surface area (Å²) in [6, 6.07) is 4.21. The van der Waals surface area contributed by atoms with Crippen LogP contribution in [0.4, 0.5) is 5.69 Å². The van der Waals surface area contributed by atoms with Crippen LogP contribution in [0.3, 0.4) is 0 Å². The van der Waals surface area contributed by atoms with Crippen molar-refractivity contribution in [1.82, 2.24) is 0 Å². The Labute approximate surface area is 166 Å². The molecular formula is C23H28ClNO2. The molecule has 0 saturated heterocycles. The number of nitrogens with zero attached hydrogens (tertiary/aromatic N) is 1. The minimum absolute atomic E-state index is 0.0351. The summed E-state index contributed by atoms with van der Waals surface area (Å²) in [5.41, 5.74) is 8.39. The van der Waals surface area contributed by atoms with E-state index in [1.165, 1.54) is 11.1 Å². The number of hydrogen-bond acceptors (Lipinski definition) is 3. The lowest BCUT2D eigenvalue weighted by Gasteiger charge is -2.38. The van der Waals surface area contributed by atoms with Crippen LogP contribution in [0.1, 0.15) is 63.8 Å². The van der Waals surface area contributed by atoms with Crippen molar-refractivity contribution in [3.63, 3.8) is 0 Å². The highest BCUT2D eigenvalue weighted by molar-refractivity contribution is 6.22. The van der Waals surface area contributed by atoms with Gasteiger partial charge in [0, 0.05) is 10.8 Å². The average Bonchev–Trinajstić information content (AvgIpc) is 3.02. The van der Waals surface area contributed by atoms with Crippen molar-refractivity contribution in [2.45, 2.75) is 71.6 Å². The largest absolute Gasteiger partial charge is 0.507 e. The van der Waals surface area contributed by atoms with E-state index in [9.17, 15) is 10.0 Å². The lowest BCUT2D eigenvalue weighted by Crippen LogP contribution is -2.35. The number of aromatic hydroxyl groups is 1. The fourth-order valence-corrected chi connectivity index (χ4v) is 5.42. The van der Waals surface area contributed by atoms with Crippen molar-refractivity contribution in [3.8, 4) is 5.75 Å². The van der Waals surface area contributed by atoms with Crippen LogP contribution in [-0.2, 0) is 5.41 Å². The van der Waals surface area contributed by atoms with Crippen molar-refractivity contribution in [2.75, 3.05) is 0 Å². The van der Waals surface area contributed by atoms with Gasteiger partial charge in [-0.05, 0) is 104 Å². The zero-order chi connectivity index (χ0) is 20.1. The van der Waals surface area contributed by atoms with Crippen LogP contribution in [0.15, 0.2) is 17.3 Å². The first-order valence-electron chi connectivity index (χ1n) is 9.55. The maximum Gasteiger partial charge on any atom is 0.121 e. The zero-order valence-electron chi connectivity index (χ0n) is 17.0. The Hall–Kier alpha value is -1.87. The lowest BCUT2D eigenvalue weighted by atomic mass is 9.68. The van der Waals surface area contributed by atoms with E-state index in [1.807, 2.05) is 27.7 Å². The Kier molecular flexibility index (Phi) is 5.11. The van der Waals surface area contributed by atoms with Crippen LogP contribution in [-0.4, -0.2) is 10.5 Å². The van der Waals surface area contributed by atoms with Gasteiger partial charge in [0.1, 0.15) is 11.4 Å². The molecule has 144 valence electrons. The first-order chi connectivity index (χ1) is 12.7. The van der Waals surface area contributed by atoms with Gasteiger partial charge in [-0.2, -0.15) is 0 Å². The normalized spacial score (nSPS) is 22.3. The van der Waals surface area contributed by atoms with Gasteiger partial charge in [0.15, 0.2) is 0 Å². The minimum Gasteiger partial charge on any atom is -0.507 e. The molecule has 4 heteroatoms. The molecule has 0 aromatic heterocycles. The van der Waals surface area contributed by atoms with Gasteiger partial charge in [-0.1, -0.05) is 18.6 Å². The van der Waals surface area contributed by atoms with Crippen molar-refractivity contribution in [2.24, 2.45) is 5.18 Å². The third kappa shape index (κ3) is 2.79. The van der Waals surface area contributed by atoms with E-state index in [0.29, 0.717) is 11.4 Å². The SMILES string of the molecule is Cc1cc(C2(c3cc(C)c(N=O)c(C)c3C)CCCC2Cl)c(C)c(C)c1O. The monoisotopic (exact) mass is 385 g/mol. The molecule has 1 saturated carbocycles. The smallest absolute Gasteiger partial charge is 0.121 e. The number of phenolic OH excluding ortho intramolecular Hbond substituents is 1. The third-order valence-corrected chi connectivity index (χ3v) is 7.32. The second-order valence-corrected chi connectivity index (χ2v) is 8.63. The Morgan fingerprint density at radius 2 is 1.52 bits per heavy atom. The van der Waals surface area contributed by atoms with Gasteiger partial charge in [-0.25, -0.2) is 0 Å². The van der Waals surface area contributed by atoms with Crippen molar-refractivity contribution < 1.29 is 5.11 Å². The highest BCUT2D eigenvalue weighted by Gasteiger charge is 2.47. The molecule has 2 aromatic rings. The Morgan fingerprint density at radius 1 is 0.963 bits per heavy atom. The van der Waals surface area contributed by atoms with E-state index in [2.05, 4.69) is 31.2 Å². The van der Waals surface area contributed by atoms with Gasteiger partial charge in [0.2, 0.25) is 0 Å². The van der Waals surface area contributed by atoms with E-state index in [4.69, 9.17) is 11.6 Å². The van der Waals surface area contributed by atoms with Crippen LogP contribution in [0.25, 0.3) is 0 Å². The first kappa shape index (κ1) is 19.9. The molecule has 0 heterocycles. The zero-order valence-corrected chi connectivity index (χ0v) is 17.8. The van der Waals surface area contributed by atoms with Gasteiger partial charge < -0.3 is 5.11 Å². The molecule has 0 bridgehead atoms. The molecule has 1 aliphatic carbocycles. The highest BCUT2D eigenvalue weighted by atomic mass is 35.5. The molecule has 3 nitrogen and oxygen atoms in total. The standard InChI is InChI=1S/C23H28ClNO2/c1-12-10-18(14(3)16(5)21(12)25-27)23(9-7-8-20(23)24)19-11-13(2)22(26)17(6)15(19)4/h10-11,20,26H,7-9H2,1-6H3. The molecule has 27 heavy (non-hydrogen) atoms. The van der Waals surface area contributed by atoms with Gasteiger partial charge in [-0.3, -0.25) is 0 Å². The number of alkyl halides is 1. The summed E-state index contributed by atoms with van der Waals surface area (Å²) in [5, 5.41) is 13.6. The number of aryl methyl sites for hydroxylation is 2. The molecule has 2 unspecified atom stereocenters. The van der Waals surface area contributed by atoms with Crippen LogP contribution >= 0.6 is 11.6 Å². The molecule has 0 amide bonds. The second-order valence-electron chi connectivity index (χ2n) is 8.10. The molecule has 0 aliphatic heterocycles. The number of hydrogen-bond donors (Lipinski definition) is 1. The van der Waals surface area contributed by atoms with Crippen LogP contribution < -0.4 is 0 Å². The quantitative estimate of drug-likeness (QED) is 0.471. The van der Waals surface area contributed by atoms with E-state index in [0.717, 1.165) is 52.6 Å². The second kappa shape index (κ2) is 6.94. The average molecular weight is 386 g/mol. The topological polar surface area (TPSA) is 49.7 Å². The maximum atomic E-state index is 11.3. The van der Waals surface area contributed by atoms with Crippen molar-refractivity contribution in [1.29, 1.82) is 0 Å². The molecule has 1 aliphatic rings. The van der Waals surface area contributed by atoms with Gasteiger partial charge in [0.05, 0.1) is 0 Å². The molecule has 1 fully saturated rings. The fraction of sp³-hybridized carbons (Fsp3) is 0.478. The summed E-state index contributed by atoms with van der Waals surface area (Å²) in [7, 11) is 0. The number of benzene rings is 2. The molecule has 3 rings (SSSR count). The van der Waals surface area contributed by atoms with E-state index in [-0.39, 0.29) is 10.8 Å².